The largest absolute Gasteiger partial charge is 0.487 e. The van der Waals surface area contributed by atoms with Crippen LogP contribution < -0.4 is 20.4 Å². The highest BCUT2D eigenvalue weighted by Gasteiger charge is 2.30. The predicted molar refractivity (Wildman–Crippen MR) is 105 cm³/mol. The van der Waals surface area contributed by atoms with Crippen molar-refractivity contribution >= 4 is 22.8 Å². The van der Waals surface area contributed by atoms with Crippen molar-refractivity contribution in [1.82, 2.24) is 5.32 Å². The van der Waals surface area contributed by atoms with Gasteiger partial charge in [-0.05, 0) is 39.2 Å². The Labute approximate surface area is 168 Å². The molecule has 1 amide bonds. The number of rotatable bonds is 6. The second-order valence-electron chi connectivity index (χ2n) is 7.63. The van der Waals surface area contributed by atoms with Crippen LogP contribution in [0.4, 0.5) is 0 Å². The van der Waals surface area contributed by atoms with Gasteiger partial charge in [-0.15, -0.1) is 0 Å². The van der Waals surface area contributed by atoms with Crippen molar-refractivity contribution in [2.75, 3.05) is 20.3 Å². The van der Waals surface area contributed by atoms with Crippen molar-refractivity contribution < 1.29 is 28.2 Å². The van der Waals surface area contributed by atoms with Crippen LogP contribution in [0.3, 0.4) is 0 Å². The van der Waals surface area contributed by atoms with Gasteiger partial charge >= 0.3 is 11.6 Å². The fraction of sp³-hybridized carbons (Fsp3) is 0.476. The van der Waals surface area contributed by atoms with Crippen molar-refractivity contribution in [3.8, 4) is 11.5 Å². The van der Waals surface area contributed by atoms with Gasteiger partial charge in [0.15, 0.2) is 6.61 Å². The first-order valence-corrected chi connectivity index (χ1v) is 9.46. The quantitative estimate of drug-likeness (QED) is 0.583. The molecular formula is C21H25NO7. The highest BCUT2D eigenvalue weighted by atomic mass is 16.5. The molecule has 0 saturated heterocycles. The van der Waals surface area contributed by atoms with E-state index in [1.54, 1.807) is 13.0 Å². The van der Waals surface area contributed by atoms with Crippen LogP contribution in [0.25, 0.3) is 11.0 Å². The van der Waals surface area contributed by atoms with E-state index in [4.69, 9.17) is 13.9 Å². The van der Waals surface area contributed by atoms with Crippen molar-refractivity contribution in [3.63, 3.8) is 0 Å². The Morgan fingerprint density at radius 2 is 2.03 bits per heavy atom. The summed E-state index contributed by atoms with van der Waals surface area (Å²) >= 11 is 0. The van der Waals surface area contributed by atoms with Gasteiger partial charge in [-0.1, -0.05) is 0 Å². The molecule has 1 aromatic heterocycles. The standard InChI is InChI=1S/C21H25NO7/c1-12-9-18(25)28-20-13-5-7-21(2,3)29-14(13)10-15(19(12)20)27-11-16(23)22-8-6-17(24)26-4/h9-10H,5-8,11H2,1-4H3,(H,22,23). The Kier molecular flexibility index (Phi) is 5.81. The molecule has 2 heterocycles. The third-order valence-electron chi connectivity index (χ3n) is 4.84. The number of amides is 1. The Hall–Kier alpha value is -3.03. The Balaban J connectivity index is 1.86. The van der Waals surface area contributed by atoms with E-state index in [0.29, 0.717) is 34.5 Å². The van der Waals surface area contributed by atoms with Gasteiger partial charge in [0.1, 0.15) is 22.7 Å². The van der Waals surface area contributed by atoms with E-state index >= 15 is 0 Å². The lowest BCUT2D eigenvalue weighted by Gasteiger charge is -2.33. The van der Waals surface area contributed by atoms with E-state index in [9.17, 15) is 14.4 Å². The van der Waals surface area contributed by atoms with Gasteiger partial charge in [0.25, 0.3) is 5.91 Å². The summed E-state index contributed by atoms with van der Waals surface area (Å²) in [6, 6.07) is 3.14. The zero-order chi connectivity index (χ0) is 21.2. The number of ether oxygens (including phenoxy) is 3. The minimum atomic E-state index is -0.445. The normalized spacial score (nSPS) is 14.6. The molecule has 1 aliphatic heterocycles. The Bertz CT molecular complexity index is 1010. The molecule has 8 heteroatoms. The number of hydrogen-bond acceptors (Lipinski definition) is 7. The Morgan fingerprint density at radius 3 is 2.76 bits per heavy atom. The summed E-state index contributed by atoms with van der Waals surface area (Å²) in [7, 11) is 1.29. The highest BCUT2D eigenvalue weighted by Crippen LogP contribution is 2.42. The average Bonchev–Trinajstić information content (AvgIpc) is 2.64. The number of esters is 1. The maximum Gasteiger partial charge on any atom is 0.336 e. The molecule has 2 aromatic rings. The summed E-state index contributed by atoms with van der Waals surface area (Å²) in [5, 5.41) is 3.24. The monoisotopic (exact) mass is 403 g/mol. The smallest absolute Gasteiger partial charge is 0.336 e. The van der Waals surface area contributed by atoms with E-state index in [1.807, 2.05) is 13.8 Å². The van der Waals surface area contributed by atoms with Gasteiger partial charge < -0.3 is 23.9 Å². The van der Waals surface area contributed by atoms with Gasteiger partial charge in [0, 0.05) is 24.2 Å². The first kappa shape index (κ1) is 20.7. The maximum absolute atomic E-state index is 12.1. The molecule has 0 saturated carbocycles. The number of aryl methyl sites for hydroxylation is 2. The minimum Gasteiger partial charge on any atom is -0.487 e. The molecule has 0 aliphatic carbocycles. The van der Waals surface area contributed by atoms with Gasteiger partial charge in [0.05, 0.1) is 18.9 Å². The van der Waals surface area contributed by atoms with E-state index in [2.05, 4.69) is 10.1 Å². The first-order valence-electron chi connectivity index (χ1n) is 9.46. The van der Waals surface area contributed by atoms with Crippen molar-refractivity contribution in [2.45, 2.75) is 45.6 Å². The van der Waals surface area contributed by atoms with E-state index < -0.39 is 11.6 Å². The molecule has 3 rings (SSSR count). The molecular weight excluding hydrogens is 378 g/mol. The van der Waals surface area contributed by atoms with Crippen LogP contribution in [0.2, 0.25) is 0 Å². The summed E-state index contributed by atoms with van der Waals surface area (Å²) in [4.78, 5) is 35.1. The SMILES string of the molecule is COC(=O)CCNC(=O)COc1cc2c(c3oc(=O)cc(C)c13)CCC(C)(C)O2. The van der Waals surface area contributed by atoms with Crippen LogP contribution >= 0.6 is 0 Å². The second-order valence-corrected chi connectivity index (χ2v) is 7.63. The molecule has 1 N–H and O–H groups in total. The number of carbonyl (C=O) groups excluding carboxylic acids is 2. The maximum atomic E-state index is 12.1. The molecule has 0 fully saturated rings. The first-order chi connectivity index (χ1) is 13.7. The van der Waals surface area contributed by atoms with Gasteiger partial charge in [-0.3, -0.25) is 9.59 Å². The summed E-state index contributed by atoms with van der Waals surface area (Å²) in [5.74, 6) is 0.206. The van der Waals surface area contributed by atoms with Gasteiger partial charge in [0.2, 0.25) is 0 Å². The van der Waals surface area contributed by atoms with Crippen LogP contribution in [0.5, 0.6) is 11.5 Å². The molecule has 1 aromatic carbocycles. The number of fused-ring (bicyclic) bond motifs is 3. The van der Waals surface area contributed by atoms with Gasteiger partial charge in [-0.25, -0.2) is 4.79 Å². The van der Waals surface area contributed by atoms with Crippen LogP contribution in [0, 0.1) is 6.92 Å². The lowest BCUT2D eigenvalue weighted by atomic mass is 9.92. The van der Waals surface area contributed by atoms with Crippen LogP contribution in [0.15, 0.2) is 21.3 Å². The number of benzene rings is 1. The number of methoxy groups -OCH3 is 1. The fourth-order valence-electron chi connectivity index (χ4n) is 3.33. The molecule has 0 atom stereocenters. The zero-order valence-corrected chi connectivity index (χ0v) is 17.0. The van der Waals surface area contributed by atoms with Crippen LogP contribution in [-0.4, -0.2) is 37.7 Å². The second kappa shape index (κ2) is 8.14. The van der Waals surface area contributed by atoms with Gasteiger partial charge in [-0.2, -0.15) is 0 Å². The number of nitrogens with one attached hydrogen (secondary N) is 1. The fourth-order valence-corrected chi connectivity index (χ4v) is 3.33. The van der Waals surface area contributed by atoms with Crippen LogP contribution in [-0.2, 0) is 20.7 Å². The molecule has 0 radical (unpaired) electrons. The topological polar surface area (TPSA) is 104 Å². The summed E-state index contributed by atoms with van der Waals surface area (Å²) < 4.78 is 21.8. The molecule has 0 unspecified atom stereocenters. The average molecular weight is 403 g/mol. The molecule has 0 bridgehead atoms. The summed E-state index contributed by atoms with van der Waals surface area (Å²) in [6.45, 7) is 5.67. The van der Waals surface area contributed by atoms with Crippen molar-refractivity contribution in [1.29, 1.82) is 0 Å². The summed E-state index contributed by atoms with van der Waals surface area (Å²) in [5.41, 5.74) is 1.16. The molecule has 29 heavy (non-hydrogen) atoms. The zero-order valence-electron chi connectivity index (χ0n) is 17.0. The highest BCUT2D eigenvalue weighted by molar-refractivity contribution is 5.91. The molecule has 1 aliphatic rings. The third kappa shape index (κ3) is 4.70. The number of carbonyl (C=O) groups is 2. The van der Waals surface area contributed by atoms with E-state index in [-0.39, 0.29) is 31.1 Å². The van der Waals surface area contributed by atoms with Crippen molar-refractivity contribution in [3.05, 3.63) is 33.7 Å². The number of hydrogen-bond donors (Lipinski definition) is 1. The Morgan fingerprint density at radius 1 is 1.28 bits per heavy atom. The lowest BCUT2D eigenvalue weighted by Crippen LogP contribution is -2.33. The third-order valence-corrected chi connectivity index (χ3v) is 4.84. The molecule has 0 spiro atoms. The summed E-state index contributed by atoms with van der Waals surface area (Å²) in [6.07, 6.45) is 1.58. The minimum absolute atomic E-state index is 0.0806. The van der Waals surface area contributed by atoms with E-state index in [0.717, 1.165) is 12.0 Å². The molecule has 8 nitrogen and oxygen atoms in total. The predicted octanol–water partition coefficient (Wildman–Crippen LogP) is 2.26. The lowest BCUT2D eigenvalue weighted by molar-refractivity contribution is -0.140. The van der Waals surface area contributed by atoms with E-state index in [1.165, 1.54) is 13.2 Å². The van der Waals surface area contributed by atoms with Crippen LogP contribution in [0.1, 0.15) is 37.8 Å². The van der Waals surface area contributed by atoms with Crippen molar-refractivity contribution in [2.24, 2.45) is 0 Å². The molecule has 156 valence electrons.